The van der Waals surface area contributed by atoms with Crippen LogP contribution in [0.3, 0.4) is 0 Å². The van der Waals surface area contributed by atoms with Gasteiger partial charge in [-0.15, -0.1) is 0 Å². The average molecular weight is 710 g/mol. The van der Waals surface area contributed by atoms with Crippen LogP contribution in [-0.2, 0) is 19.1 Å². The zero-order valence-electron chi connectivity index (χ0n) is 34.0. The van der Waals surface area contributed by atoms with Crippen LogP contribution in [0, 0.1) is 0 Å². The maximum Gasteiger partial charge on any atom is 0.306 e. The maximum absolute atomic E-state index is 12.7. The molecule has 0 atom stereocenters. The van der Waals surface area contributed by atoms with Crippen molar-refractivity contribution in [2.75, 3.05) is 32.8 Å². The monoisotopic (exact) mass is 710 g/mol. The highest BCUT2D eigenvalue weighted by Gasteiger charge is 2.14. The lowest BCUT2D eigenvalue weighted by Gasteiger charge is -2.21. The maximum atomic E-state index is 12.7. The molecule has 0 bridgehead atoms. The Balaban J connectivity index is 3.97. The largest absolute Gasteiger partial charge is 0.466 e. The molecule has 0 aliphatic rings. The fourth-order valence-corrected chi connectivity index (χ4v) is 6.88. The van der Waals surface area contributed by atoms with Gasteiger partial charge in [0.2, 0.25) is 0 Å². The van der Waals surface area contributed by atoms with Gasteiger partial charge in [-0.3, -0.25) is 9.59 Å². The average Bonchev–Trinajstić information content (AvgIpc) is 3.11. The van der Waals surface area contributed by atoms with Crippen molar-refractivity contribution in [1.29, 1.82) is 0 Å². The lowest BCUT2D eigenvalue weighted by Crippen LogP contribution is -2.29. The van der Waals surface area contributed by atoms with Crippen LogP contribution in [0.15, 0.2) is 0 Å². The second-order valence-electron chi connectivity index (χ2n) is 15.2. The van der Waals surface area contributed by atoms with Gasteiger partial charge in [0.15, 0.2) is 0 Å². The first kappa shape index (κ1) is 48.9. The highest BCUT2D eigenvalue weighted by molar-refractivity contribution is 5.69. The Morgan fingerprint density at radius 3 is 1.32 bits per heavy atom. The normalized spacial score (nSPS) is 11.6. The molecule has 1 N–H and O–H groups in total. The Morgan fingerprint density at radius 1 is 0.460 bits per heavy atom. The summed E-state index contributed by atoms with van der Waals surface area (Å²) in [6.45, 7) is 10.2. The summed E-state index contributed by atoms with van der Waals surface area (Å²) in [6, 6.07) is 0. The van der Waals surface area contributed by atoms with Crippen LogP contribution < -0.4 is 0 Å². The van der Waals surface area contributed by atoms with Crippen molar-refractivity contribution in [2.45, 2.75) is 239 Å². The van der Waals surface area contributed by atoms with Crippen molar-refractivity contribution in [3.63, 3.8) is 0 Å². The van der Waals surface area contributed by atoms with Gasteiger partial charge in [-0.1, -0.05) is 162 Å². The SMILES string of the molecule is CCCCCCCCCCCOC(=O)CCCCCCCN(CCO)CCCCCC(=O)OC(CCCCCCCC)CCCCCCCC. The van der Waals surface area contributed by atoms with E-state index in [4.69, 9.17) is 9.47 Å². The van der Waals surface area contributed by atoms with Gasteiger partial charge in [-0.25, -0.2) is 0 Å². The number of rotatable bonds is 41. The van der Waals surface area contributed by atoms with E-state index in [0.717, 1.165) is 83.7 Å². The van der Waals surface area contributed by atoms with E-state index in [-0.39, 0.29) is 24.6 Å². The van der Waals surface area contributed by atoms with Crippen molar-refractivity contribution in [3.8, 4) is 0 Å². The van der Waals surface area contributed by atoms with E-state index in [1.165, 1.54) is 128 Å². The van der Waals surface area contributed by atoms with Crippen LogP contribution >= 0.6 is 0 Å². The number of esters is 2. The van der Waals surface area contributed by atoms with Crippen molar-refractivity contribution >= 4 is 11.9 Å². The summed E-state index contributed by atoms with van der Waals surface area (Å²) in [5.74, 6) is -0.0423. The molecule has 0 aliphatic heterocycles. The minimum atomic E-state index is -0.0342. The second-order valence-corrected chi connectivity index (χ2v) is 15.2. The van der Waals surface area contributed by atoms with Gasteiger partial charge < -0.3 is 19.5 Å². The minimum Gasteiger partial charge on any atom is -0.466 e. The fourth-order valence-electron chi connectivity index (χ4n) is 6.88. The number of aliphatic hydroxyl groups is 1. The molecular formula is C44H87NO5. The molecule has 0 fully saturated rings. The molecule has 0 aromatic carbocycles. The second kappa shape index (κ2) is 40.6. The lowest BCUT2D eigenvalue weighted by molar-refractivity contribution is -0.150. The van der Waals surface area contributed by atoms with E-state index < -0.39 is 0 Å². The van der Waals surface area contributed by atoms with E-state index in [2.05, 4.69) is 25.7 Å². The molecule has 0 unspecified atom stereocenters. The summed E-state index contributed by atoms with van der Waals surface area (Å²) in [5.41, 5.74) is 0. The molecular weight excluding hydrogens is 622 g/mol. The quantitative estimate of drug-likeness (QED) is 0.0503. The topological polar surface area (TPSA) is 76.1 Å². The molecule has 0 saturated carbocycles. The van der Waals surface area contributed by atoms with Gasteiger partial charge in [0.25, 0.3) is 0 Å². The van der Waals surface area contributed by atoms with Crippen LogP contribution in [0.2, 0.25) is 0 Å². The lowest BCUT2D eigenvalue weighted by atomic mass is 10.0. The van der Waals surface area contributed by atoms with Crippen molar-refractivity contribution < 1.29 is 24.2 Å². The first-order valence-corrected chi connectivity index (χ1v) is 22.3. The third-order valence-corrected chi connectivity index (χ3v) is 10.2. The van der Waals surface area contributed by atoms with Crippen molar-refractivity contribution in [3.05, 3.63) is 0 Å². The molecule has 6 nitrogen and oxygen atoms in total. The highest BCUT2D eigenvalue weighted by atomic mass is 16.5. The molecule has 0 rings (SSSR count). The van der Waals surface area contributed by atoms with Gasteiger partial charge >= 0.3 is 11.9 Å². The smallest absolute Gasteiger partial charge is 0.306 e. The van der Waals surface area contributed by atoms with Gasteiger partial charge in [0.1, 0.15) is 6.10 Å². The summed E-state index contributed by atoms with van der Waals surface area (Å²) in [7, 11) is 0. The van der Waals surface area contributed by atoms with E-state index in [1.54, 1.807) is 0 Å². The van der Waals surface area contributed by atoms with E-state index in [1.807, 2.05) is 0 Å². The fraction of sp³-hybridized carbons (Fsp3) is 0.955. The van der Waals surface area contributed by atoms with Gasteiger partial charge in [0, 0.05) is 19.4 Å². The van der Waals surface area contributed by atoms with Gasteiger partial charge in [-0.05, 0) is 70.9 Å². The number of carbonyl (C=O) groups excluding carboxylic acids is 2. The van der Waals surface area contributed by atoms with Crippen molar-refractivity contribution in [2.24, 2.45) is 0 Å². The molecule has 0 radical (unpaired) electrons. The van der Waals surface area contributed by atoms with E-state index in [0.29, 0.717) is 26.0 Å². The molecule has 0 aromatic heterocycles. The predicted molar refractivity (Wildman–Crippen MR) is 214 cm³/mol. The Labute approximate surface area is 312 Å². The van der Waals surface area contributed by atoms with E-state index >= 15 is 0 Å². The Kier molecular flexibility index (Phi) is 39.7. The van der Waals surface area contributed by atoms with Crippen LogP contribution in [0.25, 0.3) is 0 Å². The third kappa shape index (κ3) is 36.6. The molecule has 0 heterocycles. The number of aliphatic hydroxyl groups excluding tert-OH is 1. The number of nitrogens with zero attached hydrogens (tertiary/aromatic N) is 1. The molecule has 298 valence electrons. The van der Waals surface area contributed by atoms with Crippen LogP contribution in [0.4, 0.5) is 0 Å². The molecule has 0 spiro atoms. The molecule has 0 aliphatic carbocycles. The number of ether oxygens (including phenoxy) is 2. The molecule has 50 heavy (non-hydrogen) atoms. The van der Waals surface area contributed by atoms with Crippen LogP contribution in [0.5, 0.6) is 0 Å². The Bertz CT molecular complexity index is 686. The minimum absolute atomic E-state index is 0.00811. The molecule has 6 heteroatoms. The standard InChI is InChI=1S/C44H87NO5/c1-4-7-10-13-16-17-18-24-32-41-49-43(47)35-28-22-19-23-30-37-45(39-40-46)38-31-25-29-36-44(48)50-42(33-26-20-14-11-8-5-2)34-27-21-15-12-9-6-3/h42,46H,4-41H2,1-3H3. The summed E-state index contributed by atoms with van der Waals surface area (Å²) < 4.78 is 11.4. The summed E-state index contributed by atoms with van der Waals surface area (Å²) in [6.07, 6.45) is 38.4. The molecule has 0 saturated heterocycles. The summed E-state index contributed by atoms with van der Waals surface area (Å²) in [5, 5.41) is 9.56. The highest BCUT2D eigenvalue weighted by Crippen LogP contribution is 2.18. The zero-order chi connectivity index (χ0) is 36.6. The number of unbranched alkanes of at least 4 members (excludes halogenated alkanes) is 24. The molecule has 0 amide bonds. The number of hydrogen-bond acceptors (Lipinski definition) is 6. The first-order valence-electron chi connectivity index (χ1n) is 22.3. The Morgan fingerprint density at radius 2 is 0.840 bits per heavy atom. The van der Waals surface area contributed by atoms with Crippen LogP contribution in [-0.4, -0.2) is 60.9 Å². The van der Waals surface area contributed by atoms with E-state index in [9.17, 15) is 14.7 Å². The summed E-state index contributed by atoms with van der Waals surface area (Å²) >= 11 is 0. The zero-order valence-corrected chi connectivity index (χ0v) is 34.0. The Hall–Kier alpha value is -1.14. The first-order chi connectivity index (χ1) is 24.6. The third-order valence-electron chi connectivity index (χ3n) is 10.2. The number of carbonyl (C=O) groups is 2. The van der Waals surface area contributed by atoms with Crippen molar-refractivity contribution in [1.82, 2.24) is 4.90 Å². The van der Waals surface area contributed by atoms with Gasteiger partial charge in [-0.2, -0.15) is 0 Å². The summed E-state index contributed by atoms with van der Waals surface area (Å²) in [4.78, 5) is 27.1. The van der Waals surface area contributed by atoms with Gasteiger partial charge in [0.05, 0.1) is 13.2 Å². The van der Waals surface area contributed by atoms with Crippen LogP contribution in [0.1, 0.15) is 233 Å². The predicted octanol–water partition coefficient (Wildman–Crippen LogP) is 12.7. The molecule has 0 aromatic rings. The number of hydrogen-bond donors (Lipinski definition) is 1.